The molecule has 0 amide bonds. The highest BCUT2D eigenvalue weighted by Gasteiger charge is 2.09. The van der Waals surface area contributed by atoms with Crippen LogP contribution in [0.5, 0.6) is 0 Å². The van der Waals surface area contributed by atoms with Crippen LogP contribution in [-0.4, -0.2) is 18.1 Å². The van der Waals surface area contributed by atoms with Gasteiger partial charge in [0.25, 0.3) is 0 Å². The van der Waals surface area contributed by atoms with E-state index in [1.54, 1.807) is 0 Å². The zero-order valence-electron chi connectivity index (χ0n) is 12.1. The summed E-state index contributed by atoms with van der Waals surface area (Å²) in [6.07, 6.45) is 4.91. The normalized spacial score (nSPS) is 10.9. The predicted molar refractivity (Wildman–Crippen MR) is 85.9 cm³/mol. The summed E-state index contributed by atoms with van der Waals surface area (Å²) in [6, 6.07) is 6.23. The molecular formula is C16H21BrN2O. The fraction of sp³-hybridized carbons (Fsp3) is 0.438. The molecule has 1 N–H and O–H groups in total. The molecule has 3 nitrogen and oxygen atoms in total. The Balaban J connectivity index is 1.95. The molecule has 1 aromatic heterocycles. The van der Waals surface area contributed by atoms with Crippen LogP contribution < -0.4 is 5.32 Å². The maximum Gasteiger partial charge on any atom is 0.194 e. The van der Waals surface area contributed by atoms with Gasteiger partial charge >= 0.3 is 0 Å². The van der Waals surface area contributed by atoms with Gasteiger partial charge in [-0.2, -0.15) is 0 Å². The number of rotatable bonds is 7. The van der Waals surface area contributed by atoms with E-state index in [1.165, 1.54) is 12.0 Å². The molecule has 108 valence electrons. The quantitative estimate of drug-likeness (QED) is 0.764. The topological polar surface area (TPSA) is 38.1 Å². The zero-order chi connectivity index (χ0) is 14.4. The van der Waals surface area contributed by atoms with Gasteiger partial charge < -0.3 is 9.73 Å². The van der Waals surface area contributed by atoms with Crippen LogP contribution in [0.25, 0.3) is 11.3 Å². The van der Waals surface area contributed by atoms with Gasteiger partial charge in [-0.05, 0) is 50.6 Å². The maximum absolute atomic E-state index is 5.83. The first-order chi connectivity index (χ1) is 9.70. The largest absolute Gasteiger partial charge is 0.441 e. The number of nitrogens with one attached hydrogen (secondary N) is 1. The zero-order valence-corrected chi connectivity index (χ0v) is 13.7. The SMILES string of the molecule is CCCNCCCc1ncc(-c2ccc(C)cc2Br)o1. The molecular weight excluding hydrogens is 316 g/mol. The third kappa shape index (κ3) is 4.18. The van der Waals surface area contributed by atoms with Crippen LogP contribution in [0.1, 0.15) is 31.2 Å². The maximum atomic E-state index is 5.83. The highest BCUT2D eigenvalue weighted by atomic mass is 79.9. The molecule has 20 heavy (non-hydrogen) atoms. The number of aromatic nitrogens is 1. The van der Waals surface area contributed by atoms with Crippen LogP contribution in [0.2, 0.25) is 0 Å². The van der Waals surface area contributed by atoms with Crippen molar-refractivity contribution in [2.24, 2.45) is 0 Å². The second-order valence-corrected chi connectivity index (χ2v) is 5.81. The Morgan fingerprint density at radius 1 is 1.30 bits per heavy atom. The van der Waals surface area contributed by atoms with E-state index < -0.39 is 0 Å². The van der Waals surface area contributed by atoms with Gasteiger partial charge in [-0.25, -0.2) is 4.98 Å². The monoisotopic (exact) mass is 336 g/mol. The standard InChI is InChI=1S/C16H21BrN2O/c1-3-8-18-9-4-5-16-19-11-15(20-16)13-7-6-12(2)10-14(13)17/h6-7,10-11,18H,3-5,8-9H2,1-2H3. The molecule has 0 unspecified atom stereocenters. The van der Waals surface area contributed by atoms with Gasteiger partial charge in [0.2, 0.25) is 0 Å². The van der Waals surface area contributed by atoms with Crippen molar-refractivity contribution >= 4 is 15.9 Å². The van der Waals surface area contributed by atoms with Gasteiger partial charge in [-0.1, -0.05) is 28.9 Å². The van der Waals surface area contributed by atoms with E-state index in [2.05, 4.69) is 58.3 Å². The Labute approximate surface area is 128 Å². The van der Waals surface area contributed by atoms with Gasteiger partial charge in [-0.15, -0.1) is 0 Å². The van der Waals surface area contributed by atoms with E-state index in [9.17, 15) is 0 Å². The van der Waals surface area contributed by atoms with E-state index >= 15 is 0 Å². The molecule has 0 saturated heterocycles. The van der Waals surface area contributed by atoms with Gasteiger partial charge in [0.1, 0.15) is 0 Å². The Morgan fingerprint density at radius 3 is 2.90 bits per heavy atom. The Kier molecular flexibility index (Phi) is 5.80. The van der Waals surface area contributed by atoms with Crippen molar-refractivity contribution in [3.63, 3.8) is 0 Å². The lowest BCUT2D eigenvalue weighted by Gasteiger charge is -2.02. The first-order valence-corrected chi connectivity index (χ1v) is 7.92. The predicted octanol–water partition coefficient (Wildman–Crippen LogP) is 4.34. The minimum Gasteiger partial charge on any atom is -0.441 e. The Bertz CT molecular complexity index is 551. The molecule has 0 radical (unpaired) electrons. The van der Waals surface area contributed by atoms with Crippen molar-refractivity contribution < 1.29 is 4.42 Å². The van der Waals surface area contributed by atoms with Gasteiger partial charge in [0.05, 0.1) is 6.20 Å². The molecule has 0 spiro atoms. The van der Waals surface area contributed by atoms with E-state index in [1.807, 2.05) is 6.20 Å². The van der Waals surface area contributed by atoms with Crippen LogP contribution in [0.3, 0.4) is 0 Å². The third-order valence-electron chi connectivity index (χ3n) is 3.11. The van der Waals surface area contributed by atoms with E-state index in [4.69, 9.17) is 4.42 Å². The Morgan fingerprint density at radius 2 is 2.15 bits per heavy atom. The fourth-order valence-corrected chi connectivity index (χ4v) is 2.73. The second-order valence-electron chi connectivity index (χ2n) is 4.96. The summed E-state index contributed by atoms with van der Waals surface area (Å²) in [7, 11) is 0. The second kappa shape index (κ2) is 7.60. The summed E-state index contributed by atoms with van der Waals surface area (Å²) in [6.45, 7) is 6.34. The lowest BCUT2D eigenvalue weighted by atomic mass is 10.1. The van der Waals surface area contributed by atoms with Crippen LogP contribution >= 0.6 is 15.9 Å². The molecule has 1 heterocycles. The van der Waals surface area contributed by atoms with Crippen molar-refractivity contribution in [1.82, 2.24) is 10.3 Å². The number of aryl methyl sites for hydroxylation is 2. The number of hydrogen-bond donors (Lipinski definition) is 1. The number of halogens is 1. The summed E-state index contributed by atoms with van der Waals surface area (Å²) in [5.74, 6) is 1.64. The summed E-state index contributed by atoms with van der Waals surface area (Å²) in [5.41, 5.74) is 2.28. The smallest absolute Gasteiger partial charge is 0.194 e. The molecule has 0 aliphatic heterocycles. The number of benzene rings is 1. The van der Waals surface area contributed by atoms with Crippen molar-refractivity contribution in [1.29, 1.82) is 0 Å². The molecule has 0 bridgehead atoms. The van der Waals surface area contributed by atoms with Crippen molar-refractivity contribution in [2.45, 2.75) is 33.1 Å². The highest BCUT2D eigenvalue weighted by molar-refractivity contribution is 9.10. The van der Waals surface area contributed by atoms with Crippen molar-refractivity contribution in [3.8, 4) is 11.3 Å². The van der Waals surface area contributed by atoms with E-state index in [0.29, 0.717) is 0 Å². The summed E-state index contributed by atoms with van der Waals surface area (Å²) in [4.78, 5) is 4.36. The first kappa shape index (κ1) is 15.3. The molecule has 4 heteroatoms. The van der Waals surface area contributed by atoms with Gasteiger partial charge in [0.15, 0.2) is 11.7 Å². The van der Waals surface area contributed by atoms with E-state index in [0.717, 1.165) is 47.6 Å². The summed E-state index contributed by atoms with van der Waals surface area (Å²) in [5, 5.41) is 3.38. The summed E-state index contributed by atoms with van der Waals surface area (Å²) < 4.78 is 6.87. The molecule has 2 rings (SSSR count). The van der Waals surface area contributed by atoms with Crippen LogP contribution in [-0.2, 0) is 6.42 Å². The molecule has 0 atom stereocenters. The average molecular weight is 337 g/mol. The van der Waals surface area contributed by atoms with E-state index in [-0.39, 0.29) is 0 Å². The molecule has 0 aliphatic rings. The first-order valence-electron chi connectivity index (χ1n) is 7.12. The average Bonchev–Trinajstić information content (AvgIpc) is 2.87. The summed E-state index contributed by atoms with van der Waals surface area (Å²) >= 11 is 3.58. The Hall–Kier alpha value is -1.13. The van der Waals surface area contributed by atoms with Crippen LogP contribution in [0.15, 0.2) is 33.3 Å². The minimum atomic E-state index is 0.811. The number of oxazole rings is 1. The molecule has 0 aliphatic carbocycles. The molecule has 0 fully saturated rings. The van der Waals surface area contributed by atoms with Crippen LogP contribution in [0.4, 0.5) is 0 Å². The highest BCUT2D eigenvalue weighted by Crippen LogP contribution is 2.29. The molecule has 0 saturated carbocycles. The number of hydrogen-bond acceptors (Lipinski definition) is 3. The van der Waals surface area contributed by atoms with Gasteiger partial charge in [0, 0.05) is 16.5 Å². The van der Waals surface area contributed by atoms with Gasteiger partial charge in [-0.3, -0.25) is 0 Å². The molecule has 2 aromatic rings. The lowest BCUT2D eigenvalue weighted by Crippen LogP contribution is -2.16. The minimum absolute atomic E-state index is 0.811. The lowest BCUT2D eigenvalue weighted by molar-refractivity contribution is 0.491. The molecule has 1 aromatic carbocycles. The van der Waals surface area contributed by atoms with Crippen molar-refractivity contribution in [3.05, 3.63) is 40.3 Å². The van der Waals surface area contributed by atoms with Crippen LogP contribution in [0, 0.1) is 6.92 Å². The van der Waals surface area contributed by atoms with Crippen molar-refractivity contribution in [2.75, 3.05) is 13.1 Å². The fourth-order valence-electron chi connectivity index (χ4n) is 2.04. The number of nitrogens with zero attached hydrogens (tertiary/aromatic N) is 1. The third-order valence-corrected chi connectivity index (χ3v) is 3.77.